The number of nitrogens with one attached hydrogen (secondary N) is 1. The van der Waals surface area contributed by atoms with Gasteiger partial charge >= 0.3 is 0 Å². The smallest absolute Gasteiger partial charge is 0.234 e. The maximum absolute atomic E-state index is 12.1. The molecule has 122 valence electrons. The first-order chi connectivity index (χ1) is 11.1. The number of benzene rings is 2. The lowest BCUT2D eigenvalue weighted by molar-refractivity contribution is -0.122. The highest BCUT2D eigenvalue weighted by molar-refractivity contribution is 9.10. The zero-order chi connectivity index (χ0) is 16.7. The van der Waals surface area contributed by atoms with E-state index in [2.05, 4.69) is 45.2 Å². The zero-order valence-electron chi connectivity index (χ0n) is 13.1. The topological polar surface area (TPSA) is 32.3 Å². The molecule has 0 aliphatic rings. The fraction of sp³-hybridized carbons (Fsp3) is 0.278. The molecule has 0 saturated heterocycles. The molecule has 3 nitrogen and oxygen atoms in total. The molecule has 0 bridgehead atoms. The standard InChI is InChI=1S/C18H20BrClN2O/c1-2-22(12-15-3-7-16(19)8-4-15)13-18(23)21-11-14-5-9-17(20)10-6-14/h3-10H,2,11-13H2,1H3,(H,21,23). The molecular formula is C18H20BrClN2O. The van der Waals surface area contributed by atoms with Crippen molar-refractivity contribution < 1.29 is 4.79 Å². The normalized spacial score (nSPS) is 10.8. The van der Waals surface area contributed by atoms with Crippen molar-refractivity contribution in [3.8, 4) is 0 Å². The molecule has 2 aromatic carbocycles. The Morgan fingerprint density at radius 1 is 1.09 bits per heavy atom. The van der Waals surface area contributed by atoms with Crippen LogP contribution in [0.4, 0.5) is 0 Å². The minimum Gasteiger partial charge on any atom is -0.351 e. The number of carbonyl (C=O) groups excluding carboxylic acids is 1. The number of likely N-dealkylation sites (N-methyl/N-ethyl adjacent to an activating group) is 1. The Kier molecular flexibility index (Phi) is 7.09. The van der Waals surface area contributed by atoms with Crippen molar-refractivity contribution in [3.05, 3.63) is 69.2 Å². The van der Waals surface area contributed by atoms with Crippen LogP contribution in [0.5, 0.6) is 0 Å². The highest BCUT2D eigenvalue weighted by Crippen LogP contribution is 2.12. The summed E-state index contributed by atoms with van der Waals surface area (Å²) in [6.45, 7) is 4.56. The van der Waals surface area contributed by atoms with Crippen LogP contribution in [-0.2, 0) is 17.9 Å². The molecule has 0 atom stereocenters. The van der Waals surface area contributed by atoms with Gasteiger partial charge in [0.1, 0.15) is 0 Å². The summed E-state index contributed by atoms with van der Waals surface area (Å²) in [5.74, 6) is 0.0268. The molecular weight excluding hydrogens is 376 g/mol. The molecule has 0 aliphatic carbocycles. The summed E-state index contributed by atoms with van der Waals surface area (Å²) in [7, 11) is 0. The van der Waals surface area contributed by atoms with Crippen molar-refractivity contribution in [1.29, 1.82) is 0 Å². The summed E-state index contributed by atoms with van der Waals surface area (Å²) in [5, 5.41) is 3.65. The Hall–Kier alpha value is -1.36. The molecule has 5 heteroatoms. The number of carbonyl (C=O) groups is 1. The maximum Gasteiger partial charge on any atom is 0.234 e. The first-order valence-electron chi connectivity index (χ1n) is 7.54. The molecule has 0 saturated carbocycles. The predicted molar refractivity (Wildman–Crippen MR) is 98.4 cm³/mol. The summed E-state index contributed by atoms with van der Waals surface area (Å²) < 4.78 is 1.06. The molecule has 2 rings (SSSR count). The van der Waals surface area contributed by atoms with E-state index in [9.17, 15) is 4.79 Å². The second kappa shape index (κ2) is 9.06. The Morgan fingerprint density at radius 3 is 2.30 bits per heavy atom. The molecule has 2 aromatic rings. The Bertz CT molecular complexity index is 628. The molecule has 1 N–H and O–H groups in total. The molecule has 23 heavy (non-hydrogen) atoms. The van der Waals surface area contributed by atoms with Crippen LogP contribution >= 0.6 is 27.5 Å². The predicted octanol–water partition coefficient (Wildman–Crippen LogP) is 4.24. The number of hydrogen-bond acceptors (Lipinski definition) is 2. The van der Waals surface area contributed by atoms with E-state index in [0.29, 0.717) is 18.1 Å². The van der Waals surface area contributed by atoms with Crippen molar-refractivity contribution in [2.24, 2.45) is 0 Å². The van der Waals surface area contributed by atoms with E-state index in [1.54, 1.807) is 0 Å². The van der Waals surface area contributed by atoms with Gasteiger partial charge in [-0.15, -0.1) is 0 Å². The molecule has 0 fully saturated rings. The Labute approximate surface area is 150 Å². The molecule has 0 spiro atoms. The number of halogens is 2. The van der Waals surface area contributed by atoms with Crippen LogP contribution in [0, 0.1) is 0 Å². The van der Waals surface area contributed by atoms with E-state index in [1.807, 2.05) is 36.4 Å². The SMILES string of the molecule is CCN(CC(=O)NCc1ccc(Cl)cc1)Cc1ccc(Br)cc1. The average Bonchev–Trinajstić information content (AvgIpc) is 2.55. The molecule has 0 aliphatic heterocycles. The van der Waals surface area contributed by atoms with E-state index in [4.69, 9.17) is 11.6 Å². The Morgan fingerprint density at radius 2 is 1.70 bits per heavy atom. The van der Waals surface area contributed by atoms with E-state index >= 15 is 0 Å². The van der Waals surface area contributed by atoms with Crippen LogP contribution in [-0.4, -0.2) is 23.9 Å². The number of rotatable bonds is 7. The van der Waals surface area contributed by atoms with Crippen molar-refractivity contribution in [3.63, 3.8) is 0 Å². The van der Waals surface area contributed by atoms with Gasteiger partial charge in [-0.2, -0.15) is 0 Å². The van der Waals surface area contributed by atoms with Gasteiger partial charge < -0.3 is 5.32 Å². The third kappa shape index (κ3) is 6.34. The number of nitrogens with zero attached hydrogens (tertiary/aromatic N) is 1. The van der Waals surface area contributed by atoms with Gasteiger partial charge in [-0.3, -0.25) is 9.69 Å². The summed E-state index contributed by atoms with van der Waals surface area (Å²) >= 11 is 9.28. The summed E-state index contributed by atoms with van der Waals surface area (Å²) in [6.07, 6.45) is 0. The van der Waals surface area contributed by atoms with Crippen LogP contribution in [0.3, 0.4) is 0 Å². The second-order valence-corrected chi connectivity index (χ2v) is 6.69. The molecule has 0 aromatic heterocycles. The van der Waals surface area contributed by atoms with Gasteiger partial charge in [-0.25, -0.2) is 0 Å². The van der Waals surface area contributed by atoms with Gasteiger partial charge in [0.25, 0.3) is 0 Å². The van der Waals surface area contributed by atoms with Crippen molar-refractivity contribution in [2.75, 3.05) is 13.1 Å². The highest BCUT2D eigenvalue weighted by Gasteiger charge is 2.09. The maximum atomic E-state index is 12.1. The van der Waals surface area contributed by atoms with Gasteiger partial charge in [-0.05, 0) is 41.9 Å². The monoisotopic (exact) mass is 394 g/mol. The summed E-state index contributed by atoms with van der Waals surface area (Å²) in [6, 6.07) is 15.7. The molecule has 0 unspecified atom stereocenters. The van der Waals surface area contributed by atoms with E-state index in [0.717, 1.165) is 23.1 Å². The number of amides is 1. The number of hydrogen-bond donors (Lipinski definition) is 1. The molecule has 1 amide bonds. The van der Waals surface area contributed by atoms with Crippen LogP contribution in [0.25, 0.3) is 0 Å². The first kappa shape index (κ1) is 18.0. The van der Waals surface area contributed by atoms with Gasteiger partial charge in [0.05, 0.1) is 6.54 Å². The van der Waals surface area contributed by atoms with Crippen molar-refractivity contribution in [2.45, 2.75) is 20.0 Å². The lowest BCUT2D eigenvalue weighted by Gasteiger charge is -2.20. The minimum atomic E-state index is 0.0268. The van der Waals surface area contributed by atoms with Crippen molar-refractivity contribution >= 4 is 33.4 Å². The van der Waals surface area contributed by atoms with Crippen LogP contribution < -0.4 is 5.32 Å². The van der Waals surface area contributed by atoms with Gasteiger partial charge in [0.2, 0.25) is 5.91 Å². The fourth-order valence-electron chi connectivity index (χ4n) is 2.19. The quantitative estimate of drug-likeness (QED) is 0.760. The van der Waals surface area contributed by atoms with Crippen molar-refractivity contribution in [1.82, 2.24) is 10.2 Å². The lowest BCUT2D eigenvalue weighted by atomic mass is 10.2. The van der Waals surface area contributed by atoms with E-state index in [-0.39, 0.29) is 5.91 Å². The average molecular weight is 396 g/mol. The third-order valence-electron chi connectivity index (χ3n) is 3.54. The minimum absolute atomic E-state index is 0.0268. The Balaban J connectivity index is 1.82. The fourth-order valence-corrected chi connectivity index (χ4v) is 2.58. The van der Waals surface area contributed by atoms with E-state index in [1.165, 1.54) is 5.56 Å². The van der Waals surface area contributed by atoms with Gasteiger partial charge in [0, 0.05) is 22.6 Å². The second-order valence-electron chi connectivity index (χ2n) is 5.33. The van der Waals surface area contributed by atoms with E-state index < -0.39 is 0 Å². The molecule has 0 heterocycles. The van der Waals surface area contributed by atoms with Crippen LogP contribution in [0.2, 0.25) is 5.02 Å². The zero-order valence-corrected chi connectivity index (χ0v) is 15.4. The summed E-state index contributed by atoms with van der Waals surface area (Å²) in [5.41, 5.74) is 2.24. The summed E-state index contributed by atoms with van der Waals surface area (Å²) in [4.78, 5) is 14.2. The van der Waals surface area contributed by atoms with Gasteiger partial charge in [0.15, 0.2) is 0 Å². The third-order valence-corrected chi connectivity index (χ3v) is 4.32. The molecule has 0 radical (unpaired) electrons. The van der Waals surface area contributed by atoms with Crippen LogP contribution in [0.1, 0.15) is 18.1 Å². The first-order valence-corrected chi connectivity index (χ1v) is 8.72. The van der Waals surface area contributed by atoms with Crippen LogP contribution in [0.15, 0.2) is 53.0 Å². The lowest BCUT2D eigenvalue weighted by Crippen LogP contribution is -2.36. The van der Waals surface area contributed by atoms with Gasteiger partial charge in [-0.1, -0.05) is 58.7 Å². The highest BCUT2D eigenvalue weighted by atomic mass is 79.9. The largest absolute Gasteiger partial charge is 0.351 e.